The molecule has 0 heterocycles. The summed E-state index contributed by atoms with van der Waals surface area (Å²) in [6.45, 7) is 1.29. The van der Waals surface area contributed by atoms with E-state index in [0.717, 1.165) is 5.56 Å². The number of aliphatic carboxylic acids is 1. The quantitative estimate of drug-likeness (QED) is 0.677. The molecule has 0 aromatic heterocycles. The first-order valence-corrected chi connectivity index (χ1v) is 6.68. The Morgan fingerprint density at radius 3 is 2.41 bits per heavy atom. The maximum Gasteiger partial charge on any atom is 0.303 e. The molecule has 0 radical (unpaired) electrons. The molecule has 0 unspecified atom stereocenters. The maximum absolute atomic E-state index is 10.3. The Balaban J connectivity index is 2.39. The van der Waals surface area contributed by atoms with Gasteiger partial charge in [0.25, 0.3) is 0 Å². The van der Waals surface area contributed by atoms with Crippen LogP contribution in [0.4, 0.5) is 0 Å². The summed E-state index contributed by atoms with van der Waals surface area (Å²) in [5.41, 5.74) is 1.01. The standard InChI is InChI=1S/C11H13Br2NO3/c12-8-4-7(5-9(13)11(8)17)6-14-3-1-2-10(15)16/h4-5,14,17H,1-3,6H2,(H,15,16). The average Bonchev–Trinajstić information content (AvgIpc) is 2.25. The van der Waals surface area contributed by atoms with Gasteiger partial charge in [-0.1, -0.05) is 0 Å². The Morgan fingerprint density at radius 2 is 1.88 bits per heavy atom. The number of halogens is 2. The number of carbonyl (C=O) groups is 1. The third-order valence-corrected chi connectivity index (χ3v) is 3.36. The zero-order chi connectivity index (χ0) is 12.8. The van der Waals surface area contributed by atoms with Crippen LogP contribution in [0.3, 0.4) is 0 Å². The molecular formula is C11H13Br2NO3. The van der Waals surface area contributed by atoms with Gasteiger partial charge in [0.2, 0.25) is 0 Å². The Morgan fingerprint density at radius 1 is 1.29 bits per heavy atom. The number of aromatic hydroxyl groups is 1. The molecule has 4 nitrogen and oxygen atoms in total. The summed E-state index contributed by atoms with van der Waals surface area (Å²) in [5, 5.41) is 21.1. The second-order valence-electron chi connectivity index (χ2n) is 3.58. The number of carboxylic acid groups (broad SMARTS) is 1. The van der Waals surface area contributed by atoms with Crippen molar-refractivity contribution < 1.29 is 15.0 Å². The van der Waals surface area contributed by atoms with Crippen LogP contribution in [0.5, 0.6) is 5.75 Å². The summed E-state index contributed by atoms with van der Waals surface area (Å²) in [7, 11) is 0. The van der Waals surface area contributed by atoms with Gasteiger partial charge in [0.15, 0.2) is 0 Å². The molecule has 0 spiro atoms. The minimum atomic E-state index is -0.776. The maximum atomic E-state index is 10.3. The molecule has 0 aliphatic heterocycles. The highest BCUT2D eigenvalue weighted by Crippen LogP contribution is 2.33. The van der Waals surface area contributed by atoms with E-state index in [-0.39, 0.29) is 12.2 Å². The van der Waals surface area contributed by atoms with Gasteiger partial charge in [0, 0.05) is 13.0 Å². The second-order valence-corrected chi connectivity index (χ2v) is 5.29. The lowest BCUT2D eigenvalue weighted by molar-refractivity contribution is -0.137. The van der Waals surface area contributed by atoms with E-state index in [0.29, 0.717) is 28.5 Å². The number of phenols is 1. The van der Waals surface area contributed by atoms with E-state index in [2.05, 4.69) is 37.2 Å². The van der Waals surface area contributed by atoms with Gasteiger partial charge in [-0.3, -0.25) is 4.79 Å². The zero-order valence-corrected chi connectivity index (χ0v) is 12.2. The van der Waals surface area contributed by atoms with E-state index >= 15 is 0 Å². The number of hydrogen-bond acceptors (Lipinski definition) is 3. The molecule has 6 heteroatoms. The van der Waals surface area contributed by atoms with E-state index in [9.17, 15) is 9.90 Å². The predicted molar refractivity (Wildman–Crippen MR) is 72.1 cm³/mol. The van der Waals surface area contributed by atoms with Crippen molar-refractivity contribution in [1.29, 1.82) is 0 Å². The van der Waals surface area contributed by atoms with Crippen molar-refractivity contribution in [3.05, 3.63) is 26.6 Å². The first-order chi connectivity index (χ1) is 8.00. The van der Waals surface area contributed by atoms with Crippen LogP contribution in [0.2, 0.25) is 0 Å². The molecule has 1 aromatic rings. The van der Waals surface area contributed by atoms with E-state index in [1.165, 1.54) is 0 Å². The minimum Gasteiger partial charge on any atom is -0.506 e. The molecule has 1 aromatic carbocycles. The van der Waals surface area contributed by atoms with Gasteiger partial charge >= 0.3 is 5.97 Å². The Bertz CT molecular complexity index is 387. The average molecular weight is 367 g/mol. The minimum absolute atomic E-state index is 0.177. The molecule has 0 bridgehead atoms. The largest absolute Gasteiger partial charge is 0.506 e. The normalized spacial score (nSPS) is 10.5. The highest BCUT2D eigenvalue weighted by Gasteiger charge is 2.05. The molecule has 0 fully saturated rings. The fraction of sp³-hybridized carbons (Fsp3) is 0.364. The van der Waals surface area contributed by atoms with Crippen LogP contribution >= 0.6 is 31.9 Å². The number of carboxylic acids is 1. The van der Waals surface area contributed by atoms with Crippen LogP contribution < -0.4 is 5.32 Å². The van der Waals surface area contributed by atoms with Crippen LogP contribution in [0.1, 0.15) is 18.4 Å². The van der Waals surface area contributed by atoms with Gasteiger partial charge in [0.1, 0.15) is 5.75 Å². The monoisotopic (exact) mass is 365 g/mol. The third kappa shape index (κ3) is 5.06. The Labute approximate surface area is 116 Å². The summed E-state index contributed by atoms with van der Waals surface area (Å²) in [5.74, 6) is -0.596. The van der Waals surface area contributed by atoms with Crippen molar-refractivity contribution in [1.82, 2.24) is 5.32 Å². The van der Waals surface area contributed by atoms with Crippen molar-refractivity contribution in [3.8, 4) is 5.75 Å². The second kappa shape index (κ2) is 6.98. The SMILES string of the molecule is O=C(O)CCCNCc1cc(Br)c(O)c(Br)c1. The van der Waals surface area contributed by atoms with Crippen LogP contribution in [0.15, 0.2) is 21.1 Å². The summed E-state index contributed by atoms with van der Waals surface area (Å²) in [6.07, 6.45) is 0.783. The van der Waals surface area contributed by atoms with Gasteiger partial charge < -0.3 is 15.5 Å². The van der Waals surface area contributed by atoms with Gasteiger partial charge in [-0.25, -0.2) is 0 Å². The molecule has 94 valence electrons. The van der Waals surface area contributed by atoms with Gasteiger partial charge in [0.05, 0.1) is 8.95 Å². The van der Waals surface area contributed by atoms with E-state index < -0.39 is 5.97 Å². The van der Waals surface area contributed by atoms with Crippen molar-refractivity contribution in [2.24, 2.45) is 0 Å². The Hall–Kier alpha value is -0.590. The molecule has 0 saturated heterocycles. The van der Waals surface area contributed by atoms with Gasteiger partial charge in [-0.2, -0.15) is 0 Å². The fourth-order valence-electron chi connectivity index (χ4n) is 1.32. The highest BCUT2D eigenvalue weighted by molar-refractivity contribution is 9.11. The van der Waals surface area contributed by atoms with Crippen LogP contribution in [-0.2, 0) is 11.3 Å². The van der Waals surface area contributed by atoms with Crippen molar-refractivity contribution in [2.45, 2.75) is 19.4 Å². The summed E-state index contributed by atoms with van der Waals surface area (Å²) < 4.78 is 1.27. The molecule has 1 rings (SSSR count). The van der Waals surface area contributed by atoms with Crippen LogP contribution in [0, 0.1) is 0 Å². The fourth-order valence-corrected chi connectivity index (χ4v) is 2.60. The molecule has 0 atom stereocenters. The molecule has 0 aliphatic rings. The molecule has 17 heavy (non-hydrogen) atoms. The van der Waals surface area contributed by atoms with E-state index in [1.54, 1.807) is 0 Å². The molecule has 0 aliphatic carbocycles. The lowest BCUT2D eigenvalue weighted by atomic mass is 10.2. The predicted octanol–water partition coefficient (Wildman–Crippen LogP) is 2.87. The summed E-state index contributed by atoms with van der Waals surface area (Å²) in [6, 6.07) is 3.65. The first-order valence-electron chi connectivity index (χ1n) is 5.10. The van der Waals surface area contributed by atoms with Gasteiger partial charge in [-0.05, 0) is 62.5 Å². The topological polar surface area (TPSA) is 69.6 Å². The number of phenolic OH excluding ortho intramolecular Hbond substituents is 1. The first kappa shape index (κ1) is 14.5. The van der Waals surface area contributed by atoms with E-state index in [4.69, 9.17) is 5.11 Å². The number of rotatable bonds is 6. The highest BCUT2D eigenvalue weighted by atomic mass is 79.9. The van der Waals surface area contributed by atoms with Crippen LogP contribution in [-0.4, -0.2) is 22.7 Å². The molecule has 0 saturated carbocycles. The molecule has 0 amide bonds. The van der Waals surface area contributed by atoms with Crippen molar-refractivity contribution in [3.63, 3.8) is 0 Å². The van der Waals surface area contributed by atoms with Gasteiger partial charge in [-0.15, -0.1) is 0 Å². The third-order valence-electron chi connectivity index (χ3n) is 2.15. The zero-order valence-electron chi connectivity index (χ0n) is 9.04. The van der Waals surface area contributed by atoms with Crippen molar-refractivity contribution in [2.75, 3.05) is 6.54 Å². The van der Waals surface area contributed by atoms with Crippen LogP contribution in [0.25, 0.3) is 0 Å². The Kier molecular flexibility index (Phi) is 5.94. The lowest BCUT2D eigenvalue weighted by Gasteiger charge is -2.07. The number of benzene rings is 1. The number of nitrogens with one attached hydrogen (secondary N) is 1. The number of hydrogen-bond donors (Lipinski definition) is 3. The van der Waals surface area contributed by atoms with Crippen molar-refractivity contribution >= 4 is 37.8 Å². The smallest absolute Gasteiger partial charge is 0.303 e. The summed E-state index contributed by atoms with van der Waals surface area (Å²) >= 11 is 6.51. The molecule has 3 N–H and O–H groups in total. The summed E-state index contributed by atoms with van der Waals surface area (Å²) in [4.78, 5) is 10.3. The van der Waals surface area contributed by atoms with E-state index in [1.807, 2.05) is 12.1 Å². The molecular weight excluding hydrogens is 354 g/mol. The lowest BCUT2D eigenvalue weighted by Crippen LogP contribution is -2.15.